The maximum Gasteiger partial charge on any atom is 0.255 e. The lowest BCUT2D eigenvalue weighted by atomic mass is 10.1. The molecule has 2 N–H and O–H groups in total. The number of carbonyl (C=O) groups is 1. The molecule has 4 aromatic rings. The van der Waals surface area contributed by atoms with Crippen LogP contribution < -0.4 is 10.1 Å². The Labute approximate surface area is 157 Å². The normalized spacial score (nSPS) is 10.7. The summed E-state index contributed by atoms with van der Waals surface area (Å²) in [6.45, 7) is 1.91. The molecule has 0 aliphatic heterocycles. The number of hydrogen-bond donors (Lipinski definition) is 2. The fourth-order valence-electron chi connectivity index (χ4n) is 3.02. The number of nitrogens with one attached hydrogen (secondary N) is 2. The zero-order valence-electron chi connectivity index (χ0n) is 15.1. The fourth-order valence-corrected chi connectivity index (χ4v) is 3.02. The third-order valence-corrected chi connectivity index (χ3v) is 4.46. The third kappa shape index (κ3) is 3.40. The minimum atomic E-state index is -0.155. The summed E-state index contributed by atoms with van der Waals surface area (Å²) >= 11 is 0. The molecule has 0 atom stereocenters. The van der Waals surface area contributed by atoms with Crippen molar-refractivity contribution in [1.82, 2.24) is 9.97 Å². The highest BCUT2D eigenvalue weighted by atomic mass is 16.5. The average molecular weight is 357 g/mol. The molecule has 0 spiro atoms. The summed E-state index contributed by atoms with van der Waals surface area (Å²) < 4.78 is 5.23. The highest BCUT2D eigenvalue weighted by Crippen LogP contribution is 2.23. The van der Waals surface area contributed by atoms with Gasteiger partial charge in [-0.3, -0.25) is 4.79 Å². The molecule has 0 saturated carbocycles. The van der Waals surface area contributed by atoms with Crippen LogP contribution in [0.15, 0.2) is 66.7 Å². The van der Waals surface area contributed by atoms with E-state index >= 15 is 0 Å². The van der Waals surface area contributed by atoms with Gasteiger partial charge >= 0.3 is 0 Å². The smallest absolute Gasteiger partial charge is 0.255 e. The van der Waals surface area contributed by atoms with Gasteiger partial charge in [-0.25, -0.2) is 4.98 Å². The van der Waals surface area contributed by atoms with Crippen LogP contribution in [0.25, 0.3) is 22.4 Å². The highest BCUT2D eigenvalue weighted by Gasteiger charge is 2.09. The molecule has 0 bridgehead atoms. The van der Waals surface area contributed by atoms with Gasteiger partial charge in [-0.05, 0) is 67.1 Å². The minimum Gasteiger partial charge on any atom is -0.496 e. The molecule has 134 valence electrons. The second-order valence-corrected chi connectivity index (χ2v) is 6.32. The number of hydrogen-bond acceptors (Lipinski definition) is 3. The van der Waals surface area contributed by atoms with Crippen molar-refractivity contribution >= 4 is 22.6 Å². The van der Waals surface area contributed by atoms with Crippen LogP contribution in [0.5, 0.6) is 5.75 Å². The van der Waals surface area contributed by atoms with Crippen molar-refractivity contribution in [3.05, 3.63) is 77.9 Å². The Morgan fingerprint density at radius 1 is 1.04 bits per heavy atom. The summed E-state index contributed by atoms with van der Waals surface area (Å²) in [5.41, 5.74) is 5.14. The Morgan fingerprint density at radius 2 is 1.81 bits per heavy atom. The van der Waals surface area contributed by atoms with Crippen LogP contribution >= 0.6 is 0 Å². The average Bonchev–Trinajstić information content (AvgIpc) is 3.12. The van der Waals surface area contributed by atoms with Crippen molar-refractivity contribution in [3.8, 4) is 17.1 Å². The van der Waals surface area contributed by atoms with E-state index in [1.165, 1.54) is 0 Å². The number of para-hydroxylation sites is 2. The number of methoxy groups -OCH3 is 1. The van der Waals surface area contributed by atoms with E-state index in [9.17, 15) is 4.79 Å². The van der Waals surface area contributed by atoms with Gasteiger partial charge in [-0.1, -0.05) is 12.1 Å². The number of carbonyl (C=O) groups excluding carboxylic acids is 1. The second-order valence-electron chi connectivity index (χ2n) is 6.32. The molecule has 27 heavy (non-hydrogen) atoms. The van der Waals surface area contributed by atoms with E-state index in [1.807, 2.05) is 61.5 Å². The molecule has 0 saturated heterocycles. The van der Waals surface area contributed by atoms with Gasteiger partial charge in [-0.2, -0.15) is 0 Å². The summed E-state index contributed by atoms with van der Waals surface area (Å²) in [5.74, 6) is 1.42. The standard InChI is InChI=1S/C22H19N3O2/c1-14-13-16(9-12-20(14)27-2)22(26)23-17-10-7-15(8-11-17)21-24-18-5-3-4-6-19(18)25-21/h3-13H,1-2H3,(H,23,26)(H,24,25). The van der Waals surface area contributed by atoms with E-state index in [2.05, 4.69) is 15.3 Å². The Morgan fingerprint density at radius 3 is 2.52 bits per heavy atom. The lowest BCUT2D eigenvalue weighted by Crippen LogP contribution is -2.12. The van der Waals surface area contributed by atoms with Crippen LogP contribution in [0.2, 0.25) is 0 Å². The summed E-state index contributed by atoms with van der Waals surface area (Å²) in [7, 11) is 1.62. The first-order valence-electron chi connectivity index (χ1n) is 8.65. The number of amides is 1. The molecule has 0 fully saturated rings. The number of fused-ring (bicyclic) bond motifs is 1. The monoisotopic (exact) mass is 357 g/mol. The van der Waals surface area contributed by atoms with Crippen molar-refractivity contribution in [1.29, 1.82) is 0 Å². The zero-order valence-corrected chi connectivity index (χ0v) is 15.1. The summed E-state index contributed by atoms with van der Waals surface area (Å²) in [4.78, 5) is 20.4. The topological polar surface area (TPSA) is 67.0 Å². The molecule has 1 aromatic heterocycles. The number of aryl methyl sites for hydroxylation is 1. The molecule has 5 heteroatoms. The van der Waals surface area contributed by atoms with Gasteiger partial charge in [0.25, 0.3) is 5.91 Å². The van der Waals surface area contributed by atoms with Crippen LogP contribution in [0.3, 0.4) is 0 Å². The highest BCUT2D eigenvalue weighted by molar-refractivity contribution is 6.04. The Bertz CT molecular complexity index is 1080. The second kappa shape index (κ2) is 6.96. The van der Waals surface area contributed by atoms with Gasteiger partial charge < -0.3 is 15.0 Å². The third-order valence-electron chi connectivity index (χ3n) is 4.46. The zero-order chi connectivity index (χ0) is 18.8. The molecule has 0 aliphatic rings. The van der Waals surface area contributed by atoms with Crippen molar-refractivity contribution in [2.24, 2.45) is 0 Å². The van der Waals surface area contributed by atoms with Crippen molar-refractivity contribution in [2.45, 2.75) is 6.92 Å². The number of rotatable bonds is 4. The van der Waals surface area contributed by atoms with Gasteiger partial charge in [-0.15, -0.1) is 0 Å². The van der Waals surface area contributed by atoms with Gasteiger partial charge in [0.2, 0.25) is 0 Å². The molecule has 0 aliphatic carbocycles. The lowest BCUT2D eigenvalue weighted by molar-refractivity contribution is 0.102. The van der Waals surface area contributed by atoms with Crippen LogP contribution in [-0.4, -0.2) is 23.0 Å². The predicted octanol–water partition coefficient (Wildman–Crippen LogP) is 4.80. The van der Waals surface area contributed by atoms with Crippen LogP contribution in [0, 0.1) is 6.92 Å². The molecule has 5 nitrogen and oxygen atoms in total. The van der Waals surface area contributed by atoms with E-state index in [0.29, 0.717) is 5.56 Å². The van der Waals surface area contributed by atoms with Crippen LogP contribution in [0.1, 0.15) is 15.9 Å². The lowest BCUT2D eigenvalue weighted by Gasteiger charge is -2.09. The van der Waals surface area contributed by atoms with Gasteiger partial charge in [0.15, 0.2) is 0 Å². The maximum atomic E-state index is 12.5. The van der Waals surface area contributed by atoms with Crippen molar-refractivity contribution in [3.63, 3.8) is 0 Å². The number of aromatic nitrogens is 2. The largest absolute Gasteiger partial charge is 0.496 e. The number of ether oxygens (including phenoxy) is 1. The number of anilines is 1. The quantitative estimate of drug-likeness (QED) is 0.551. The number of aromatic amines is 1. The van der Waals surface area contributed by atoms with Gasteiger partial charge in [0.05, 0.1) is 18.1 Å². The van der Waals surface area contributed by atoms with E-state index < -0.39 is 0 Å². The van der Waals surface area contributed by atoms with E-state index in [0.717, 1.165) is 39.4 Å². The van der Waals surface area contributed by atoms with Gasteiger partial charge in [0.1, 0.15) is 11.6 Å². The van der Waals surface area contributed by atoms with Gasteiger partial charge in [0, 0.05) is 16.8 Å². The van der Waals surface area contributed by atoms with Crippen molar-refractivity contribution < 1.29 is 9.53 Å². The molecular formula is C22H19N3O2. The predicted molar refractivity (Wildman–Crippen MR) is 107 cm³/mol. The van der Waals surface area contributed by atoms with E-state index in [1.54, 1.807) is 19.2 Å². The Hall–Kier alpha value is -3.60. The number of benzene rings is 3. The Kier molecular flexibility index (Phi) is 4.34. The van der Waals surface area contributed by atoms with Crippen molar-refractivity contribution in [2.75, 3.05) is 12.4 Å². The molecule has 1 heterocycles. The Balaban J connectivity index is 1.52. The first kappa shape index (κ1) is 16.8. The molecule has 3 aromatic carbocycles. The number of H-pyrrole nitrogens is 1. The van der Waals surface area contributed by atoms with Crippen LogP contribution in [0.4, 0.5) is 5.69 Å². The fraction of sp³-hybridized carbons (Fsp3) is 0.0909. The summed E-state index contributed by atoms with van der Waals surface area (Å²) in [6, 6.07) is 20.9. The van der Waals surface area contributed by atoms with E-state index in [4.69, 9.17) is 4.74 Å². The first-order valence-corrected chi connectivity index (χ1v) is 8.65. The molecule has 0 unspecified atom stereocenters. The summed E-state index contributed by atoms with van der Waals surface area (Å²) in [5, 5.41) is 2.92. The van der Waals surface area contributed by atoms with Crippen LogP contribution in [-0.2, 0) is 0 Å². The summed E-state index contributed by atoms with van der Waals surface area (Å²) in [6.07, 6.45) is 0. The number of imidazole rings is 1. The minimum absolute atomic E-state index is 0.155. The maximum absolute atomic E-state index is 12.5. The molecule has 1 amide bonds. The molecular weight excluding hydrogens is 338 g/mol. The molecule has 0 radical (unpaired) electrons. The number of nitrogens with zero attached hydrogens (tertiary/aromatic N) is 1. The first-order chi connectivity index (χ1) is 13.1. The molecule has 4 rings (SSSR count). The SMILES string of the molecule is COc1ccc(C(=O)Nc2ccc(-c3nc4ccccc4[nH]3)cc2)cc1C. The van der Waals surface area contributed by atoms with E-state index in [-0.39, 0.29) is 5.91 Å².